The Kier molecular flexibility index (Phi) is 7.58. The molecule has 0 radical (unpaired) electrons. The molecule has 0 aliphatic heterocycles. The first-order chi connectivity index (χ1) is 14.9. The number of rotatable bonds is 9. The summed E-state index contributed by atoms with van der Waals surface area (Å²) in [6, 6.07) is 17.0. The maximum Gasteiger partial charge on any atom is 0.338 e. The molecule has 3 aromatic rings. The van der Waals surface area contributed by atoms with Gasteiger partial charge in [0.2, 0.25) is 5.78 Å². The minimum Gasteiger partial charge on any atom is -0.497 e. The highest BCUT2D eigenvalue weighted by molar-refractivity contribution is 7.98. The number of carbonyl (C=O) groups is 2. The number of ketones is 1. The van der Waals surface area contributed by atoms with E-state index in [1.807, 2.05) is 62.6 Å². The lowest BCUT2D eigenvalue weighted by atomic mass is 10.1. The number of aryl methyl sites for hydroxylation is 2. The summed E-state index contributed by atoms with van der Waals surface area (Å²) in [6.45, 7) is 4.40. The van der Waals surface area contributed by atoms with E-state index in [-0.39, 0.29) is 12.4 Å². The van der Waals surface area contributed by atoms with Crippen LogP contribution in [-0.2, 0) is 17.7 Å². The number of benzene rings is 2. The van der Waals surface area contributed by atoms with E-state index in [0.717, 1.165) is 35.0 Å². The summed E-state index contributed by atoms with van der Waals surface area (Å²) >= 11 is 1.60. The molecule has 0 atom stereocenters. The number of Topliss-reactive ketones (excluding diaryl/α,β-unsaturated/α-hetero) is 1. The summed E-state index contributed by atoms with van der Waals surface area (Å²) in [5.41, 5.74) is 4.13. The highest BCUT2D eigenvalue weighted by Crippen LogP contribution is 2.19. The Labute approximate surface area is 187 Å². The lowest BCUT2D eigenvalue weighted by molar-refractivity contribution is 0.0474. The van der Waals surface area contributed by atoms with Gasteiger partial charge in [0.1, 0.15) is 5.75 Å². The van der Waals surface area contributed by atoms with Crippen molar-refractivity contribution in [3.05, 3.63) is 82.7 Å². The highest BCUT2D eigenvalue weighted by Gasteiger charge is 2.18. The van der Waals surface area contributed by atoms with Crippen molar-refractivity contribution in [3.63, 3.8) is 0 Å². The Morgan fingerprint density at radius 3 is 2.29 bits per heavy atom. The second kappa shape index (κ2) is 10.4. The van der Waals surface area contributed by atoms with Crippen LogP contribution in [0, 0.1) is 13.8 Å². The quantitative estimate of drug-likeness (QED) is 0.264. The standard InChI is InChI=1S/C25H27NO4S/c1-17-15-23(18(2)26(17)14-13-19-5-9-21(29-3)10-6-19)24(27)16-30-25(28)20-7-11-22(31-4)12-8-20/h5-12,15H,13-14,16H2,1-4H3. The topological polar surface area (TPSA) is 57.5 Å². The van der Waals surface area contributed by atoms with Gasteiger partial charge in [0.25, 0.3) is 0 Å². The van der Waals surface area contributed by atoms with Gasteiger partial charge in [-0.2, -0.15) is 0 Å². The first-order valence-electron chi connectivity index (χ1n) is 10.1. The molecule has 0 saturated heterocycles. The van der Waals surface area contributed by atoms with Gasteiger partial charge in [-0.05, 0) is 74.6 Å². The highest BCUT2D eigenvalue weighted by atomic mass is 32.2. The zero-order valence-corrected chi connectivity index (χ0v) is 19.1. The molecule has 0 spiro atoms. The van der Waals surface area contributed by atoms with Crippen LogP contribution >= 0.6 is 11.8 Å². The molecule has 31 heavy (non-hydrogen) atoms. The van der Waals surface area contributed by atoms with E-state index in [0.29, 0.717) is 11.1 Å². The first-order valence-corrected chi connectivity index (χ1v) is 11.3. The minimum atomic E-state index is -0.491. The van der Waals surface area contributed by atoms with Crippen molar-refractivity contribution < 1.29 is 19.1 Å². The molecule has 0 amide bonds. The summed E-state index contributed by atoms with van der Waals surface area (Å²) in [7, 11) is 1.65. The Morgan fingerprint density at radius 2 is 1.68 bits per heavy atom. The predicted octanol–water partition coefficient (Wildman–Crippen LogP) is 5.12. The molecule has 3 rings (SSSR count). The molecule has 0 bridgehead atoms. The summed E-state index contributed by atoms with van der Waals surface area (Å²) < 4.78 is 12.6. The van der Waals surface area contributed by atoms with Crippen LogP contribution in [0.15, 0.2) is 59.5 Å². The fourth-order valence-corrected chi connectivity index (χ4v) is 3.89. The van der Waals surface area contributed by atoms with Crippen molar-refractivity contribution in [3.8, 4) is 5.75 Å². The molecule has 5 nitrogen and oxygen atoms in total. The molecule has 0 aliphatic rings. The largest absolute Gasteiger partial charge is 0.497 e. The molecule has 1 heterocycles. The first kappa shape index (κ1) is 22.7. The maximum absolute atomic E-state index is 12.7. The van der Waals surface area contributed by atoms with Gasteiger partial charge in [0.05, 0.1) is 12.7 Å². The zero-order valence-electron chi connectivity index (χ0n) is 18.3. The number of esters is 1. The SMILES string of the molecule is COc1ccc(CCn2c(C)cc(C(=O)COC(=O)c3ccc(SC)cc3)c2C)cc1. The summed E-state index contributed by atoms with van der Waals surface area (Å²) in [5, 5.41) is 0. The molecule has 6 heteroatoms. The normalized spacial score (nSPS) is 10.7. The van der Waals surface area contributed by atoms with Gasteiger partial charge in [0.15, 0.2) is 6.61 Å². The van der Waals surface area contributed by atoms with Gasteiger partial charge < -0.3 is 14.0 Å². The molecule has 162 valence electrons. The number of ether oxygens (including phenoxy) is 2. The predicted molar refractivity (Wildman–Crippen MR) is 123 cm³/mol. The van der Waals surface area contributed by atoms with Crippen LogP contribution in [0.2, 0.25) is 0 Å². The molecule has 1 aromatic heterocycles. The van der Waals surface area contributed by atoms with Crippen molar-refractivity contribution >= 4 is 23.5 Å². The van der Waals surface area contributed by atoms with E-state index >= 15 is 0 Å². The third kappa shape index (κ3) is 5.58. The number of aromatic nitrogens is 1. The van der Waals surface area contributed by atoms with Crippen molar-refractivity contribution in [1.29, 1.82) is 0 Å². The fraction of sp³-hybridized carbons (Fsp3) is 0.280. The number of carbonyl (C=O) groups excluding carboxylic acids is 2. The van der Waals surface area contributed by atoms with Gasteiger partial charge >= 0.3 is 5.97 Å². The Balaban J connectivity index is 1.61. The lowest BCUT2D eigenvalue weighted by Crippen LogP contribution is -2.15. The van der Waals surface area contributed by atoms with E-state index in [2.05, 4.69) is 4.57 Å². The second-order valence-electron chi connectivity index (χ2n) is 7.26. The van der Waals surface area contributed by atoms with Crippen molar-refractivity contribution in [2.75, 3.05) is 20.0 Å². The number of methoxy groups -OCH3 is 1. The van der Waals surface area contributed by atoms with Gasteiger partial charge in [-0.25, -0.2) is 4.79 Å². The Hall–Kier alpha value is -2.99. The number of hydrogen-bond acceptors (Lipinski definition) is 5. The molecule has 0 unspecified atom stereocenters. The Bertz CT molecular complexity index is 1050. The zero-order chi connectivity index (χ0) is 22.4. The number of thioether (sulfide) groups is 1. The fourth-order valence-electron chi connectivity index (χ4n) is 3.48. The molecule has 0 fully saturated rings. The molecule has 0 N–H and O–H groups in total. The molecular formula is C25H27NO4S. The van der Waals surface area contributed by atoms with Gasteiger partial charge in [-0.3, -0.25) is 4.79 Å². The second-order valence-corrected chi connectivity index (χ2v) is 8.14. The van der Waals surface area contributed by atoms with Gasteiger partial charge in [-0.15, -0.1) is 11.8 Å². The number of nitrogens with zero attached hydrogens (tertiary/aromatic N) is 1. The van der Waals surface area contributed by atoms with Crippen LogP contribution in [0.25, 0.3) is 0 Å². The van der Waals surface area contributed by atoms with Crippen molar-refractivity contribution in [2.45, 2.75) is 31.7 Å². The average molecular weight is 438 g/mol. The van der Waals surface area contributed by atoms with Crippen LogP contribution in [0.5, 0.6) is 5.75 Å². The summed E-state index contributed by atoms with van der Waals surface area (Å²) in [4.78, 5) is 26.0. The third-order valence-corrected chi connectivity index (χ3v) is 6.06. The monoisotopic (exact) mass is 437 g/mol. The maximum atomic E-state index is 12.7. The van der Waals surface area contributed by atoms with E-state index < -0.39 is 5.97 Å². The van der Waals surface area contributed by atoms with E-state index in [9.17, 15) is 9.59 Å². The van der Waals surface area contributed by atoms with Crippen LogP contribution < -0.4 is 4.74 Å². The van der Waals surface area contributed by atoms with Crippen molar-refractivity contribution in [1.82, 2.24) is 4.57 Å². The van der Waals surface area contributed by atoms with Crippen LogP contribution in [0.3, 0.4) is 0 Å². The van der Waals surface area contributed by atoms with Crippen LogP contribution in [0.1, 0.15) is 37.7 Å². The molecular weight excluding hydrogens is 410 g/mol. The minimum absolute atomic E-state index is 0.196. The van der Waals surface area contributed by atoms with Gasteiger partial charge in [0, 0.05) is 28.4 Å². The molecule has 0 saturated carbocycles. The molecule has 0 aliphatic carbocycles. The number of hydrogen-bond donors (Lipinski definition) is 0. The molecule has 2 aromatic carbocycles. The van der Waals surface area contributed by atoms with Gasteiger partial charge in [-0.1, -0.05) is 12.1 Å². The van der Waals surface area contributed by atoms with Crippen molar-refractivity contribution in [2.24, 2.45) is 0 Å². The average Bonchev–Trinajstić information content (AvgIpc) is 3.09. The third-order valence-electron chi connectivity index (χ3n) is 5.32. The smallest absolute Gasteiger partial charge is 0.338 e. The van der Waals surface area contributed by atoms with Crippen LogP contribution in [-0.4, -0.2) is 36.3 Å². The van der Waals surface area contributed by atoms with Crippen LogP contribution in [0.4, 0.5) is 0 Å². The van der Waals surface area contributed by atoms with E-state index in [4.69, 9.17) is 9.47 Å². The summed E-state index contributed by atoms with van der Waals surface area (Å²) in [6.07, 6.45) is 2.81. The van der Waals surface area contributed by atoms with E-state index in [1.165, 1.54) is 5.56 Å². The van der Waals surface area contributed by atoms with E-state index in [1.54, 1.807) is 31.0 Å². The Morgan fingerprint density at radius 1 is 1.00 bits per heavy atom. The lowest BCUT2D eigenvalue weighted by Gasteiger charge is -2.10. The summed E-state index contributed by atoms with van der Waals surface area (Å²) in [5.74, 6) is 0.145.